The van der Waals surface area contributed by atoms with Crippen molar-refractivity contribution >= 4 is 52.5 Å². The van der Waals surface area contributed by atoms with Gasteiger partial charge in [-0.25, -0.2) is 4.90 Å². The van der Waals surface area contributed by atoms with Crippen LogP contribution in [0.2, 0.25) is 10.0 Å². The van der Waals surface area contributed by atoms with Crippen LogP contribution in [0.1, 0.15) is 0 Å². The molecular weight excluding hydrogens is 385 g/mol. The molecule has 2 aliphatic rings. The average Bonchev–Trinajstić information content (AvgIpc) is 2.86. The maximum atomic E-state index is 13.0. The first-order chi connectivity index (χ1) is 12.0. The van der Waals surface area contributed by atoms with Crippen LogP contribution in [0.5, 0.6) is 0 Å². The number of halogens is 2. The van der Waals surface area contributed by atoms with Crippen LogP contribution in [-0.2, 0) is 14.3 Å². The summed E-state index contributed by atoms with van der Waals surface area (Å²) in [6.07, 6.45) is 0. The van der Waals surface area contributed by atoms with Gasteiger partial charge in [-0.3, -0.25) is 9.59 Å². The fourth-order valence-corrected chi connectivity index (χ4v) is 3.90. The van der Waals surface area contributed by atoms with Gasteiger partial charge >= 0.3 is 0 Å². The van der Waals surface area contributed by atoms with Crippen molar-refractivity contribution in [1.82, 2.24) is 4.90 Å². The van der Waals surface area contributed by atoms with E-state index in [9.17, 15) is 9.59 Å². The number of ether oxygens (including phenoxy) is 1. The second-order valence-electron chi connectivity index (χ2n) is 5.46. The van der Waals surface area contributed by atoms with E-state index in [2.05, 4.69) is 0 Å². The Morgan fingerprint density at radius 3 is 2.48 bits per heavy atom. The molecule has 0 radical (unpaired) electrons. The fraction of sp³-hybridized carbons (Fsp3) is 0.375. The highest BCUT2D eigenvalue weighted by atomic mass is 35.5. The Bertz CT molecular complexity index is 735. The van der Waals surface area contributed by atoms with Crippen molar-refractivity contribution in [2.75, 3.05) is 43.5 Å². The van der Waals surface area contributed by atoms with E-state index in [0.29, 0.717) is 59.9 Å². The van der Waals surface area contributed by atoms with Crippen LogP contribution >= 0.6 is 35.0 Å². The Labute approximate surface area is 159 Å². The minimum absolute atomic E-state index is 0.288. The van der Waals surface area contributed by atoms with Gasteiger partial charge in [0, 0.05) is 25.4 Å². The molecule has 2 heterocycles. The van der Waals surface area contributed by atoms with Gasteiger partial charge in [0.05, 0.1) is 28.9 Å². The van der Waals surface area contributed by atoms with E-state index in [1.165, 1.54) is 17.8 Å². The summed E-state index contributed by atoms with van der Waals surface area (Å²) in [6.45, 7) is 2.59. The molecule has 0 bridgehead atoms. The quantitative estimate of drug-likeness (QED) is 0.761. The zero-order chi connectivity index (χ0) is 18.0. The predicted molar refractivity (Wildman–Crippen MR) is 99.9 cm³/mol. The van der Waals surface area contributed by atoms with Crippen LogP contribution in [0.4, 0.5) is 5.69 Å². The zero-order valence-electron chi connectivity index (χ0n) is 13.3. The van der Waals surface area contributed by atoms with Gasteiger partial charge < -0.3 is 15.4 Å². The summed E-state index contributed by atoms with van der Waals surface area (Å²) >= 11 is 13.3. The van der Waals surface area contributed by atoms with E-state index in [1.807, 2.05) is 4.90 Å². The number of amides is 2. The van der Waals surface area contributed by atoms with Gasteiger partial charge in [-0.15, -0.1) is 11.8 Å². The van der Waals surface area contributed by atoms with Crippen LogP contribution < -0.4 is 10.6 Å². The molecule has 1 fully saturated rings. The number of morpholine rings is 1. The molecule has 134 valence electrons. The summed E-state index contributed by atoms with van der Waals surface area (Å²) in [4.78, 5) is 29.4. The van der Waals surface area contributed by atoms with Crippen LogP contribution in [0, 0.1) is 0 Å². The van der Waals surface area contributed by atoms with Crippen LogP contribution in [0.3, 0.4) is 0 Å². The lowest BCUT2D eigenvalue weighted by atomic mass is 10.3. The molecule has 0 aromatic heterocycles. The number of benzene rings is 1. The van der Waals surface area contributed by atoms with E-state index < -0.39 is 0 Å². The number of imide groups is 1. The van der Waals surface area contributed by atoms with Gasteiger partial charge in [-0.2, -0.15) is 0 Å². The maximum absolute atomic E-state index is 13.0. The lowest BCUT2D eigenvalue weighted by Gasteiger charge is -2.29. The molecule has 0 spiro atoms. The molecular formula is C16H17Cl2N3O3S. The van der Waals surface area contributed by atoms with E-state index in [-0.39, 0.29) is 16.8 Å². The number of carbonyl (C=O) groups is 2. The summed E-state index contributed by atoms with van der Waals surface area (Å²) in [5.41, 5.74) is 6.39. The first kappa shape index (κ1) is 18.5. The number of nitrogens with two attached hydrogens (primary N) is 1. The van der Waals surface area contributed by atoms with Crippen molar-refractivity contribution in [3.05, 3.63) is 38.8 Å². The average molecular weight is 402 g/mol. The monoisotopic (exact) mass is 401 g/mol. The second-order valence-corrected chi connectivity index (χ2v) is 7.38. The van der Waals surface area contributed by atoms with Gasteiger partial charge in [0.1, 0.15) is 10.6 Å². The Kier molecular flexibility index (Phi) is 5.91. The molecule has 1 saturated heterocycles. The molecule has 25 heavy (non-hydrogen) atoms. The number of nitrogens with zero attached hydrogens (tertiary/aromatic N) is 2. The van der Waals surface area contributed by atoms with Crippen molar-refractivity contribution < 1.29 is 14.3 Å². The van der Waals surface area contributed by atoms with Gasteiger partial charge in [-0.1, -0.05) is 23.2 Å². The van der Waals surface area contributed by atoms with E-state index in [0.717, 1.165) is 4.90 Å². The van der Waals surface area contributed by atoms with Crippen molar-refractivity contribution in [1.29, 1.82) is 0 Å². The molecule has 2 amide bonds. The third kappa shape index (κ3) is 3.66. The first-order valence-electron chi connectivity index (χ1n) is 7.78. The molecule has 2 aliphatic heterocycles. The topological polar surface area (TPSA) is 75.9 Å². The van der Waals surface area contributed by atoms with Crippen molar-refractivity contribution in [2.45, 2.75) is 0 Å². The molecule has 3 rings (SSSR count). The highest BCUT2D eigenvalue weighted by Gasteiger charge is 2.42. The molecule has 0 aliphatic carbocycles. The number of rotatable bonds is 5. The SMILES string of the molecule is NCCSC1=C(N2CCOCC2)C(=O)N(c2ccc(Cl)c(Cl)c2)C1=O. The van der Waals surface area contributed by atoms with Crippen LogP contribution in [0.25, 0.3) is 0 Å². The van der Waals surface area contributed by atoms with E-state index in [1.54, 1.807) is 12.1 Å². The minimum atomic E-state index is -0.358. The molecule has 6 nitrogen and oxygen atoms in total. The van der Waals surface area contributed by atoms with Gasteiger partial charge in [0.2, 0.25) is 0 Å². The molecule has 0 unspecified atom stereocenters. The fourth-order valence-electron chi connectivity index (χ4n) is 2.71. The largest absolute Gasteiger partial charge is 0.378 e. The molecule has 2 N–H and O–H groups in total. The maximum Gasteiger partial charge on any atom is 0.283 e. The molecule has 9 heteroatoms. The van der Waals surface area contributed by atoms with Crippen LogP contribution in [-0.4, -0.2) is 55.3 Å². The zero-order valence-corrected chi connectivity index (χ0v) is 15.7. The van der Waals surface area contributed by atoms with Gasteiger partial charge in [0.15, 0.2) is 0 Å². The van der Waals surface area contributed by atoms with Crippen molar-refractivity contribution in [3.8, 4) is 0 Å². The Morgan fingerprint density at radius 2 is 1.84 bits per heavy atom. The molecule has 1 aromatic carbocycles. The first-order valence-corrected chi connectivity index (χ1v) is 9.52. The third-order valence-electron chi connectivity index (χ3n) is 3.87. The molecule has 1 aromatic rings. The minimum Gasteiger partial charge on any atom is -0.378 e. The summed E-state index contributed by atoms with van der Waals surface area (Å²) in [6, 6.07) is 4.70. The smallest absolute Gasteiger partial charge is 0.283 e. The standard InChI is InChI=1S/C16H17Cl2N3O3S/c17-11-2-1-10(9-12(11)18)21-15(22)13(20-4-6-24-7-5-20)14(16(21)23)25-8-3-19/h1-2,9H,3-8,19H2. The lowest BCUT2D eigenvalue weighted by molar-refractivity contribution is -0.121. The second kappa shape index (κ2) is 7.97. The van der Waals surface area contributed by atoms with E-state index in [4.69, 9.17) is 33.7 Å². The Hall–Kier alpha value is -1.25. The summed E-state index contributed by atoms with van der Waals surface area (Å²) in [5, 5.41) is 0.652. The number of thioether (sulfide) groups is 1. The summed E-state index contributed by atoms with van der Waals surface area (Å²) in [7, 11) is 0. The van der Waals surface area contributed by atoms with Gasteiger partial charge in [0.25, 0.3) is 11.8 Å². The van der Waals surface area contributed by atoms with Crippen LogP contribution in [0.15, 0.2) is 28.8 Å². The van der Waals surface area contributed by atoms with E-state index >= 15 is 0 Å². The summed E-state index contributed by atoms with van der Waals surface area (Å²) in [5.74, 6) is -0.162. The number of hydrogen-bond acceptors (Lipinski definition) is 6. The van der Waals surface area contributed by atoms with Gasteiger partial charge in [-0.05, 0) is 18.2 Å². The van der Waals surface area contributed by atoms with Crippen molar-refractivity contribution in [3.63, 3.8) is 0 Å². The number of carbonyl (C=O) groups excluding carboxylic acids is 2. The predicted octanol–water partition coefficient (Wildman–Crippen LogP) is 2.10. The molecule has 0 atom stereocenters. The molecule has 0 saturated carbocycles. The Balaban J connectivity index is 1.97. The highest BCUT2D eigenvalue weighted by Crippen LogP contribution is 2.37. The van der Waals surface area contributed by atoms with Crippen molar-refractivity contribution in [2.24, 2.45) is 5.73 Å². The highest BCUT2D eigenvalue weighted by molar-refractivity contribution is 8.04. The summed E-state index contributed by atoms with van der Waals surface area (Å²) < 4.78 is 5.35. The third-order valence-corrected chi connectivity index (χ3v) is 5.71. The number of anilines is 1. The normalized spacial score (nSPS) is 18.5. The Morgan fingerprint density at radius 1 is 1.12 bits per heavy atom. The number of hydrogen-bond donors (Lipinski definition) is 1. The lowest BCUT2D eigenvalue weighted by Crippen LogP contribution is -2.40.